The minimum Gasteiger partial charge on any atom is -0.219 e. The molecular weight excluding hydrogens is 117 g/mol. The summed E-state index contributed by atoms with van der Waals surface area (Å²) >= 11 is 0. The van der Waals surface area contributed by atoms with E-state index in [4.69, 9.17) is 4.89 Å². The highest BCUT2D eigenvalue weighted by molar-refractivity contribution is 6.31. The third-order valence-corrected chi connectivity index (χ3v) is 1.37. The van der Waals surface area contributed by atoms with Gasteiger partial charge in [-0.25, -0.2) is 10.3 Å². The molecule has 0 aromatic carbocycles. The molecule has 1 N–H and O–H groups in total. The van der Waals surface area contributed by atoms with E-state index < -0.39 is 0 Å². The lowest BCUT2D eigenvalue weighted by Crippen LogP contribution is -2.18. The fourth-order valence-corrected chi connectivity index (χ4v) is 0.837. The van der Waals surface area contributed by atoms with Crippen molar-refractivity contribution in [2.75, 3.05) is 6.61 Å². The van der Waals surface area contributed by atoms with Crippen molar-refractivity contribution in [1.82, 2.24) is 5.39 Å². The van der Waals surface area contributed by atoms with E-state index in [9.17, 15) is 0 Å². The highest BCUT2D eigenvalue weighted by Crippen LogP contribution is 2.00. The quantitative estimate of drug-likeness (QED) is 0.379. The summed E-state index contributed by atoms with van der Waals surface area (Å²) in [6.07, 6.45) is 4.83. The maximum absolute atomic E-state index is 4.74. The van der Waals surface area contributed by atoms with Gasteiger partial charge in [-0.1, -0.05) is 19.2 Å². The second-order valence-electron chi connectivity index (χ2n) is 2.21. The monoisotopic (exact) mass is 129 g/mol. The van der Waals surface area contributed by atoms with Gasteiger partial charge in [-0.2, -0.15) is 4.99 Å². The molecule has 0 spiro atoms. The Bertz CT molecular complexity index is 43.4. The molecule has 0 aromatic heterocycles. The zero-order valence-corrected chi connectivity index (χ0v) is 5.56. The topological polar surface area (TPSA) is 30.5 Å². The average molecular weight is 129 g/mol. The third kappa shape index (κ3) is 3.51. The van der Waals surface area contributed by atoms with Gasteiger partial charge in [-0.05, 0) is 6.42 Å². The van der Waals surface area contributed by atoms with E-state index in [0.29, 0.717) is 6.61 Å². The zero-order chi connectivity index (χ0) is 6.36. The molecule has 0 unspecified atom stereocenters. The standard InChI is InChI=1S/C5H12BNO2/c1-2-4-6-7-9-8-5-3-1/h6-7H,1-5H2. The van der Waals surface area contributed by atoms with Crippen LogP contribution in [-0.4, -0.2) is 14.0 Å². The summed E-state index contributed by atoms with van der Waals surface area (Å²) in [5.41, 5.74) is 0. The molecule has 1 rings (SSSR count). The van der Waals surface area contributed by atoms with Crippen LogP contribution in [0, 0.1) is 0 Å². The smallest absolute Gasteiger partial charge is 0.219 e. The lowest BCUT2D eigenvalue weighted by Gasteiger charge is -1.98. The van der Waals surface area contributed by atoms with Crippen LogP contribution >= 0.6 is 0 Å². The van der Waals surface area contributed by atoms with Gasteiger partial charge in [-0.15, -0.1) is 0 Å². The second kappa shape index (κ2) is 4.79. The zero-order valence-electron chi connectivity index (χ0n) is 5.56. The maximum atomic E-state index is 4.74. The van der Waals surface area contributed by atoms with Gasteiger partial charge in [0.2, 0.25) is 7.41 Å². The molecule has 1 aliphatic rings. The van der Waals surface area contributed by atoms with Crippen LogP contribution < -0.4 is 5.39 Å². The summed E-state index contributed by atoms with van der Waals surface area (Å²) in [7, 11) is 0.903. The molecule has 0 saturated carbocycles. The summed E-state index contributed by atoms with van der Waals surface area (Å²) in [5.74, 6) is 0. The third-order valence-electron chi connectivity index (χ3n) is 1.37. The Kier molecular flexibility index (Phi) is 3.76. The van der Waals surface area contributed by atoms with Crippen molar-refractivity contribution in [1.29, 1.82) is 0 Å². The molecule has 0 bridgehead atoms. The van der Waals surface area contributed by atoms with Crippen LogP contribution in [0.25, 0.3) is 0 Å². The summed E-state index contributed by atoms with van der Waals surface area (Å²) in [5, 5.41) is 2.70. The first-order chi connectivity index (χ1) is 4.50. The average Bonchev–Trinajstić information content (AvgIpc) is 2.00. The predicted octanol–water partition coefficient (Wildman–Crippen LogP) is 0.393. The highest BCUT2D eigenvalue weighted by atomic mass is 17.3. The van der Waals surface area contributed by atoms with E-state index in [1.165, 1.54) is 19.2 Å². The van der Waals surface area contributed by atoms with Gasteiger partial charge in [0, 0.05) is 0 Å². The highest BCUT2D eigenvalue weighted by Gasteiger charge is 1.97. The first kappa shape index (κ1) is 7.06. The van der Waals surface area contributed by atoms with Gasteiger partial charge in [0.25, 0.3) is 0 Å². The SMILES string of the molecule is B1CCCCCOON1. The molecule has 1 heterocycles. The molecule has 0 amide bonds. The Balaban J connectivity index is 2.02. The van der Waals surface area contributed by atoms with Crippen molar-refractivity contribution in [2.45, 2.75) is 25.6 Å². The molecule has 0 aromatic rings. The van der Waals surface area contributed by atoms with Crippen LogP contribution in [0.5, 0.6) is 0 Å². The van der Waals surface area contributed by atoms with E-state index in [-0.39, 0.29) is 0 Å². The molecule has 3 nitrogen and oxygen atoms in total. The molecule has 1 saturated heterocycles. The molecule has 9 heavy (non-hydrogen) atoms. The Morgan fingerprint density at radius 1 is 1.22 bits per heavy atom. The van der Waals surface area contributed by atoms with Crippen LogP contribution in [0.2, 0.25) is 6.32 Å². The molecule has 1 aliphatic heterocycles. The molecule has 4 heteroatoms. The normalized spacial score (nSPS) is 23.1. The van der Waals surface area contributed by atoms with Crippen molar-refractivity contribution in [2.24, 2.45) is 0 Å². The summed E-state index contributed by atoms with van der Waals surface area (Å²) in [6.45, 7) is 0.715. The van der Waals surface area contributed by atoms with Crippen LogP contribution in [0.1, 0.15) is 19.3 Å². The summed E-state index contributed by atoms with van der Waals surface area (Å²) < 4.78 is 0. The van der Waals surface area contributed by atoms with Crippen molar-refractivity contribution in [3.8, 4) is 0 Å². The van der Waals surface area contributed by atoms with Crippen molar-refractivity contribution in [3.63, 3.8) is 0 Å². The van der Waals surface area contributed by atoms with E-state index in [1.807, 2.05) is 0 Å². The Hall–Kier alpha value is -0.0551. The first-order valence-electron chi connectivity index (χ1n) is 3.51. The second-order valence-corrected chi connectivity index (χ2v) is 2.21. The first-order valence-corrected chi connectivity index (χ1v) is 3.51. The lowest BCUT2D eigenvalue weighted by molar-refractivity contribution is -0.318. The van der Waals surface area contributed by atoms with Gasteiger partial charge in [0.15, 0.2) is 0 Å². The fourth-order valence-electron chi connectivity index (χ4n) is 0.837. The fraction of sp³-hybridized carbons (Fsp3) is 1.00. The number of hydrogen-bond acceptors (Lipinski definition) is 3. The molecular formula is C5H12BNO2. The Labute approximate surface area is 55.9 Å². The minimum atomic E-state index is 0.715. The van der Waals surface area contributed by atoms with Gasteiger partial charge in [0.1, 0.15) is 0 Å². The van der Waals surface area contributed by atoms with Crippen LogP contribution in [0.4, 0.5) is 0 Å². The molecule has 0 radical (unpaired) electrons. The van der Waals surface area contributed by atoms with Crippen molar-refractivity contribution >= 4 is 7.41 Å². The summed E-state index contributed by atoms with van der Waals surface area (Å²) in [4.78, 5) is 9.35. The van der Waals surface area contributed by atoms with E-state index in [2.05, 4.69) is 10.4 Å². The number of nitrogens with one attached hydrogen (secondary N) is 1. The van der Waals surface area contributed by atoms with Crippen LogP contribution in [0.3, 0.4) is 0 Å². The maximum Gasteiger partial charge on any atom is 0.238 e. The van der Waals surface area contributed by atoms with Crippen molar-refractivity contribution in [3.05, 3.63) is 0 Å². The molecule has 52 valence electrons. The number of rotatable bonds is 0. The Morgan fingerprint density at radius 2 is 2.22 bits per heavy atom. The number of hydrogen-bond donors (Lipinski definition) is 1. The summed E-state index contributed by atoms with van der Waals surface area (Å²) in [6, 6.07) is 0. The molecule has 0 aliphatic carbocycles. The van der Waals surface area contributed by atoms with Crippen molar-refractivity contribution < 1.29 is 9.88 Å². The van der Waals surface area contributed by atoms with Crippen LogP contribution in [0.15, 0.2) is 0 Å². The van der Waals surface area contributed by atoms with Gasteiger partial charge in [-0.3, -0.25) is 0 Å². The molecule has 0 atom stereocenters. The van der Waals surface area contributed by atoms with Gasteiger partial charge >= 0.3 is 0 Å². The van der Waals surface area contributed by atoms with Gasteiger partial charge in [0.05, 0.1) is 6.61 Å². The van der Waals surface area contributed by atoms with E-state index in [0.717, 1.165) is 13.8 Å². The van der Waals surface area contributed by atoms with E-state index in [1.54, 1.807) is 0 Å². The van der Waals surface area contributed by atoms with E-state index >= 15 is 0 Å². The Morgan fingerprint density at radius 3 is 3.22 bits per heavy atom. The minimum absolute atomic E-state index is 0.715. The van der Waals surface area contributed by atoms with Gasteiger partial charge < -0.3 is 0 Å². The largest absolute Gasteiger partial charge is 0.238 e. The molecule has 1 fully saturated rings. The lowest BCUT2D eigenvalue weighted by atomic mass is 9.88. The predicted molar refractivity (Wildman–Crippen MR) is 36.0 cm³/mol. The van der Waals surface area contributed by atoms with Crippen LogP contribution in [-0.2, 0) is 9.88 Å².